The molecule has 1 saturated heterocycles. The van der Waals surface area contributed by atoms with E-state index in [1.165, 1.54) is 6.07 Å². The summed E-state index contributed by atoms with van der Waals surface area (Å²) in [5, 5.41) is 0.665. The van der Waals surface area contributed by atoms with E-state index in [9.17, 15) is 13.2 Å². The summed E-state index contributed by atoms with van der Waals surface area (Å²) >= 11 is 6.14. The quantitative estimate of drug-likeness (QED) is 0.437. The first-order valence-corrected chi connectivity index (χ1v) is 14.2. The minimum atomic E-state index is -3.95. The molecule has 1 N–H and O–H groups in total. The van der Waals surface area contributed by atoms with Crippen LogP contribution in [0.15, 0.2) is 77.7 Å². The summed E-state index contributed by atoms with van der Waals surface area (Å²) in [4.78, 5) is 17.7. The number of ether oxygens (including phenoxy) is 1. The van der Waals surface area contributed by atoms with E-state index in [4.69, 9.17) is 16.3 Å². The molecule has 0 aliphatic carbocycles. The molecule has 1 amide bonds. The second-order valence-electron chi connectivity index (χ2n) is 9.02. The second kappa shape index (κ2) is 12.0. The van der Waals surface area contributed by atoms with Gasteiger partial charge in [0.15, 0.2) is 0 Å². The first-order chi connectivity index (χ1) is 17.8. The lowest BCUT2D eigenvalue weighted by atomic mass is 10.1. The number of piperazine rings is 1. The fraction of sp³-hybridized carbons (Fsp3) is 0.321. The summed E-state index contributed by atoms with van der Waals surface area (Å²) in [7, 11) is -3.95. The van der Waals surface area contributed by atoms with E-state index in [1.807, 2.05) is 61.5 Å². The molecule has 1 atom stereocenters. The summed E-state index contributed by atoms with van der Waals surface area (Å²) in [6.45, 7) is 6.41. The van der Waals surface area contributed by atoms with Crippen molar-refractivity contribution in [2.75, 3.05) is 37.7 Å². The largest absolute Gasteiger partial charge is 0.494 e. The van der Waals surface area contributed by atoms with Crippen molar-refractivity contribution in [2.24, 2.45) is 0 Å². The fourth-order valence-electron chi connectivity index (χ4n) is 4.47. The summed E-state index contributed by atoms with van der Waals surface area (Å²) in [6, 6.07) is 20.9. The van der Waals surface area contributed by atoms with Crippen LogP contribution in [0.5, 0.6) is 5.75 Å². The van der Waals surface area contributed by atoms with Gasteiger partial charge < -0.3 is 14.5 Å². The molecule has 0 aromatic heterocycles. The summed E-state index contributed by atoms with van der Waals surface area (Å²) in [5.41, 5.74) is 2.60. The number of amides is 1. The van der Waals surface area contributed by atoms with Gasteiger partial charge in [-0.15, -0.1) is 0 Å². The standard InChI is InChI=1S/C28H32ClN3O4S/c1-3-36-27-13-12-25(18-21(27)2)37(34,35)30-26(19-22-8-5-4-6-9-22)28(33)32-16-14-31(15-17-32)24-11-7-10-23(29)20-24/h4-13,18,20,26,30H,3,14-17,19H2,1-2H3/t26-/m0/s1. The third-order valence-electron chi connectivity index (χ3n) is 6.40. The zero-order chi connectivity index (χ0) is 26.4. The van der Waals surface area contributed by atoms with Crippen LogP contribution in [-0.2, 0) is 21.2 Å². The lowest BCUT2D eigenvalue weighted by molar-refractivity contribution is -0.133. The molecule has 3 aromatic rings. The number of rotatable bonds is 9. The third-order valence-corrected chi connectivity index (χ3v) is 8.10. The van der Waals surface area contributed by atoms with E-state index < -0.39 is 16.1 Å². The molecule has 3 aromatic carbocycles. The highest BCUT2D eigenvalue weighted by molar-refractivity contribution is 7.89. The van der Waals surface area contributed by atoms with E-state index in [0.717, 1.165) is 11.3 Å². The molecule has 0 saturated carbocycles. The van der Waals surface area contributed by atoms with E-state index in [0.29, 0.717) is 49.1 Å². The Morgan fingerprint density at radius 2 is 1.73 bits per heavy atom. The molecule has 37 heavy (non-hydrogen) atoms. The van der Waals surface area contributed by atoms with Crippen LogP contribution in [0, 0.1) is 6.92 Å². The van der Waals surface area contributed by atoms with E-state index in [2.05, 4.69) is 9.62 Å². The van der Waals surface area contributed by atoms with Gasteiger partial charge in [-0.1, -0.05) is 48.0 Å². The maximum Gasteiger partial charge on any atom is 0.241 e. The Kier molecular flexibility index (Phi) is 8.74. The normalized spacial score (nSPS) is 14.9. The fourth-order valence-corrected chi connectivity index (χ4v) is 5.93. The van der Waals surface area contributed by atoms with Crippen molar-refractivity contribution in [3.8, 4) is 5.75 Å². The highest BCUT2D eigenvalue weighted by Crippen LogP contribution is 2.24. The van der Waals surface area contributed by atoms with Crippen molar-refractivity contribution < 1.29 is 17.9 Å². The molecule has 4 rings (SSSR count). The molecule has 7 nitrogen and oxygen atoms in total. The van der Waals surface area contributed by atoms with Crippen LogP contribution in [0.4, 0.5) is 5.69 Å². The van der Waals surface area contributed by atoms with Crippen LogP contribution < -0.4 is 14.4 Å². The predicted octanol–water partition coefficient (Wildman–Crippen LogP) is 4.29. The van der Waals surface area contributed by atoms with Crippen LogP contribution in [0.1, 0.15) is 18.1 Å². The number of nitrogens with zero attached hydrogens (tertiary/aromatic N) is 2. The summed E-state index contributed by atoms with van der Waals surface area (Å²) in [6.07, 6.45) is 0.253. The van der Waals surface area contributed by atoms with E-state index >= 15 is 0 Å². The van der Waals surface area contributed by atoms with E-state index in [-0.39, 0.29) is 17.2 Å². The first kappa shape index (κ1) is 27.0. The van der Waals surface area contributed by atoms with Gasteiger partial charge in [-0.25, -0.2) is 8.42 Å². The highest BCUT2D eigenvalue weighted by Gasteiger charge is 2.31. The Morgan fingerprint density at radius 3 is 2.38 bits per heavy atom. The second-order valence-corrected chi connectivity index (χ2v) is 11.2. The van der Waals surface area contributed by atoms with Crippen molar-refractivity contribution in [3.63, 3.8) is 0 Å². The van der Waals surface area contributed by atoms with Crippen molar-refractivity contribution in [1.29, 1.82) is 0 Å². The van der Waals surface area contributed by atoms with Gasteiger partial charge in [0.25, 0.3) is 0 Å². The van der Waals surface area contributed by atoms with Crippen molar-refractivity contribution in [1.82, 2.24) is 9.62 Å². The molecule has 1 aliphatic heterocycles. The number of hydrogen-bond acceptors (Lipinski definition) is 5. The number of hydrogen-bond donors (Lipinski definition) is 1. The molecular formula is C28H32ClN3O4S. The van der Waals surface area contributed by atoms with E-state index in [1.54, 1.807) is 24.0 Å². The maximum absolute atomic E-state index is 13.7. The molecule has 0 bridgehead atoms. The van der Waals surface area contributed by atoms with Crippen molar-refractivity contribution in [2.45, 2.75) is 31.2 Å². The van der Waals surface area contributed by atoms with Gasteiger partial charge in [0.05, 0.1) is 11.5 Å². The minimum Gasteiger partial charge on any atom is -0.494 e. The van der Waals surface area contributed by atoms with Crippen LogP contribution in [0.3, 0.4) is 0 Å². The number of halogens is 1. The number of sulfonamides is 1. The molecule has 1 fully saturated rings. The van der Waals surface area contributed by atoms with Gasteiger partial charge in [0.2, 0.25) is 15.9 Å². The number of carbonyl (C=O) groups excluding carboxylic acids is 1. The van der Waals surface area contributed by atoms with Gasteiger partial charge in [-0.3, -0.25) is 4.79 Å². The number of anilines is 1. The molecule has 0 spiro atoms. The van der Waals surface area contributed by atoms with Gasteiger partial charge in [0.1, 0.15) is 11.8 Å². The van der Waals surface area contributed by atoms with Crippen LogP contribution in [-0.4, -0.2) is 58.1 Å². The number of nitrogens with one attached hydrogen (secondary N) is 1. The monoisotopic (exact) mass is 541 g/mol. The Hall–Kier alpha value is -3.07. The van der Waals surface area contributed by atoms with Gasteiger partial charge >= 0.3 is 0 Å². The Bertz CT molecular complexity index is 1330. The third kappa shape index (κ3) is 6.83. The molecule has 0 radical (unpaired) electrons. The summed E-state index contributed by atoms with van der Waals surface area (Å²) < 4.78 is 35.0. The Labute approximate surface area is 224 Å². The molecular weight excluding hydrogens is 510 g/mol. The topological polar surface area (TPSA) is 78.9 Å². The molecule has 1 aliphatic rings. The van der Waals surface area contributed by atoms with Gasteiger partial charge in [-0.2, -0.15) is 4.72 Å². The highest BCUT2D eigenvalue weighted by atomic mass is 35.5. The Morgan fingerprint density at radius 1 is 1.00 bits per heavy atom. The van der Waals surface area contributed by atoms with Crippen LogP contribution >= 0.6 is 11.6 Å². The van der Waals surface area contributed by atoms with Gasteiger partial charge in [-0.05, 0) is 67.8 Å². The maximum atomic E-state index is 13.7. The molecule has 0 unspecified atom stereocenters. The average molecular weight is 542 g/mol. The van der Waals surface area contributed by atoms with Crippen molar-refractivity contribution in [3.05, 3.63) is 88.9 Å². The lowest BCUT2D eigenvalue weighted by Crippen LogP contribution is -2.55. The number of benzene rings is 3. The van der Waals surface area contributed by atoms with Gasteiger partial charge in [0, 0.05) is 36.9 Å². The van der Waals surface area contributed by atoms with Crippen LogP contribution in [0.25, 0.3) is 0 Å². The zero-order valence-corrected chi connectivity index (χ0v) is 22.6. The molecule has 9 heteroatoms. The smallest absolute Gasteiger partial charge is 0.241 e. The Balaban J connectivity index is 1.52. The van der Waals surface area contributed by atoms with Crippen LogP contribution in [0.2, 0.25) is 5.02 Å². The van der Waals surface area contributed by atoms with Crippen molar-refractivity contribution >= 4 is 33.2 Å². The zero-order valence-electron chi connectivity index (χ0n) is 21.1. The number of carbonyl (C=O) groups is 1. The predicted molar refractivity (Wildman–Crippen MR) is 147 cm³/mol. The molecule has 1 heterocycles. The number of aryl methyl sites for hydroxylation is 1. The lowest BCUT2D eigenvalue weighted by Gasteiger charge is -2.37. The SMILES string of the molecule is CCOc1ccc(S(=O)(=O)N[C@@H](Cc2ccccc2)C(=O)N2CCN(c3cccc(Cl)c3)CC2)cc1C. The first-order valence-electron chi connectivity index (χ1n) is 12.4. The molecule has 196 valence electrons. The average Bonchev–Trinajstić information content (AvgIpc) is 2.90. The summed E-state index contributed by atoms with van der Waals surface area (Å²) in [5.74, 6) is 0.400. The minimum absolute atomic E-state index is 0.102.